The number of hydrogen-bond donors (Lipinski definition) is 2. The molecule has 0 aliphatic rings. The van der Waals surface area contributed by atoms with Crippen LogP contribution in [0.1, 0.15) is 223 Å². The van der Waals surface area contributed by atoms with E-state index in [4.69, 9.17) is 11.5 Å². The predicted molar refractivity (Wildman–Crippen MR) is 209 cm³/mol. The summed E-state index contributed by atoms with van der Waals surface area (Å²) in [4.78, 5) is 57.8. The van der Waals surface area contributed by atoms with Gasteiger partial charge in [0, 0.05) is 26.2 Å². The van der Waals surface area contributed by atoms with Crippen molar-refractivity contribution in [2.45, 2.75) is 182 Å². The van der Waals surface area contributed by atoms with Crippen LogP contribution in [0.2, 0.25) is 0 Å². The molecule has 0 aromatic heterocycles. The molecule has 1 rings (SSSR count). The van der Waals surface area contributed by atoms with Gasteiger partial charge >= 0.3 is 0 Å². The zero-order valence-electron chi connectivity index (χ0n) is 32.6. The van der Waals surface area contributed by atoms with Crippen molar-refractivity contribution in [3.63, 3.8) is 0 Å². The normalized spacial score (nSPS) is 11.1. The lowest BCUT2D eigenvalue weighted by molar-refractivity contribution is 0.0709. The van der Waals surface area contributed by atoms with Crippen LogP contribution in [0.3, 0.4) is 0 Å². The van der Waals surface area contributed by atoms with Crippen molar-refractivity contribution in [3.8, 4) is 0 Å². The van der Waals surface area contributed by atoms with E-state index >= 15 is 0 Å². The van der Waals surface area contributed by atoms with Crippen molar-refractivity contribution < 1.29 is 19.2 Å². The van der Waals surface area contributed by atoms with Crippen LogP contribution >= 0.6 is 0 Å². The maximum Gasteiger partial charge on any atom is 0.254 e. The quantitative estimate of drug-likeness (QED) is 0.0726. The van der Waals surface area contributed by atoms with E-state index in [0.717, 1.165) is 77.0 Å². The van der Waals surface area contributed by atoms with Crippen molar-refractivity contribution in [1.29, 1.82) is 0 Å². The summed E-state index contributed by atoms with van der Waals surface area (Å²) in [5.41, 5.74) is 11.5. The second-order valence-corrected chi connectivity index (χ2v) is 14.3. The Morgan fingerprint density at radius 3 is 0.820 bits per heavy atom. The first-order valence-electron chi connectivity index (χ1n) is 20.6. The fourth-order valence-electron chi connectivity index (χ4n) is 6.66. The highest BCUT2D eigenvalue weighted by Crippen LogP contribution is 2.23. The third-order valence-electron chi connectivity index (χ3n) is 9.85. The van der Waals surface area contributed by atoms with E-state index in [1.807, 2.05) is 9.80 Å². The number of nitrogens with two attached hydrogens (primary N) is 2. The molecule has 0 aliphatic heterocycles. The largest absolute Gasteiger partial charge is 0.366 e. The minimum Gasteiger partial charge on any atom is -0.366 e. The van der Waals surface area contributed by atoms with Gasteiger partial charge in [-0.15, -0.1) is 0 Å². The summed E-state index contributed by atoms with van der Waals surface area (Å²) in [7, 11) is 0. The summed E-state index contributed by atoms with van der Waals surface area (Å²) >= 11 is 0. The molecule has 286 valence electrons. The molecule has 1 aromatic rings. The molecular weight excluding hydrogens is 624 g/mol. The Kier molecular flexibility index (Phi) is 26.0. The summed E-state index contributed by atoms with van der Waals surface area (Å²) in [6, 6.07) is 2.72. The molecule has 0 bridgehead atoms. The molecule has 0 spiro atoms. The Balaban J connectivity index is 3.46. The lowest BCUT2D eigenvalue weighted by Crippen LogP contribution is -2.38. The highest BCUT2D eigenvalue weighted by atomic mass is 16.2. The molecule has 0 radical (unpaired) electrons. The van der Waals surface area contributed by atoms with Crippen LogP contribution in [0.25, 0.3) is 0 Å². The van der Waals surface area contributed by atoms with E-state index in [2.05, 4.69) is 27.7 Å². The predicted octanol–water partition coefficient (Wildman–Crippen LogP) is 10.2. The van der Waals surface area contributed by atoms with Crippen molar-refractivity contribution in [1.82, 2.24) is 9.80 Å². The number of hydrogen-bond acceptors (Lipinski definition) is 4. The molecule has 0 saturated heterocycles. The van der Waals surface area contributed by atoms with Gasteiger partial charge in [0.25, 0.3) is 11.8 Å². The summed E-state index contributed by atoms with van der Waals surface area (Å²) in [6.45, 7) is 11.1. The molecule has 0 atom stereocenters. The molecular formula is C42H74N4O4. The second-order valence-electron chi connectivity index (χ2n) is 14.3. The third kappa shape index (κ3) is 18.4. The van der Waals surface area contributed by atoms with Gasteiger partial charge < -0.3 is 21.3 Å². The van der Waals surface area contributed by atoms with Crippen molar-refractivity contribution in [3.05, 3.63) is 34.4 Å². The number of carbonyl (C=O) groups excluding carboxylic acids is 4. The van der Waals surface area contributed by atoms with E-state index in [0.29, 0.717) is 26.2 Å². The van der Waals surface area contributed by atoms with E-state index in [1.165, 1.54) is 89.2 Å². The van der Waals surface area contributed by atoms with Gasteiger partial charge in [0.05, 0.1) is 22.3 Å². The zero-order valence-corrected chi connectivity index (χ0v) is 32.6. The van der Waals surface area contributed by atoms with Crippen LogP contribution in [0.4, 0.5) is 0 Å². The van der Waals surface area contributed by atoms with E-state index in [9.17, 15) is 19.2 Å². The minimum absolute atomic E-state index is 0.116. The van der Waals surface area contributed by atoms with Gasteiger partial charge in [-0.3, -0.25) is 19.2 Å². The molecule has 0 aliphatic carbocycles. The average Bonchev–Trinajstić information content (AvgIpc) is 3.10. The van der Waals surface area contributed by atoms with Gasteiger partial charge in [-0.2, -0.15) is 0 Å². The Morgan fingerprint density at radius 2 is 0.600 bits per heavy atom. The van der Waals surface area contributed by atoms with Crippen molar-refractivity contribution in [2.24, 2.45) is 11.5 Å². The summed E-state index contributed by atoms with van der Waals surface area (Å²) in [6.07, 6.45) is 26.4. The van der Waals surface area contributed by atoms with E-state index in [1.54, 1.807) is 0 Å². The number of unbranched alkanes of at least 4 members (excludes halogenated alkanes) is 20. The Labute approximate surface area is 305 Å². The van der Waals surface area contributed by atoms with Crippen LogP contribution in [-0.2, 0) is 0 Å². The minimum atomic E-state index is -0.846. The fourth-order valence-corrected chi connectivity index (χ4v) is 6.66. The molecule has 0 unspecified atom stereocenters. The van der Waals surface area contributed by atoms with Crippen LogP contribution in [-0.4, -0.2) is 59.6 Å². The molecule has 0 fully saturated rings. The topological polar surface area (TPSA) is 127 Å². The van der Waals surface area contributed by atoms with Gasteiger partial charge in [-0.25, -0.2) is 0 Å². The first kappa shape index (κ1) is 45.1. The highest BCUT2D eigenvalue weighted by Gasteiger charge is 2.29. The standard InChI is InChI=1S/C42H74N4O4/c1-5-9-13-17-21-25-29-45(30-26-22-18-14-10-6-2)41(49)37-33-35(39(43)47)36(40(44)48)34-38(37)42(50)46(31-27-23-19-15-11-7-3)32-28-24-20-16-12-8-4/h33-34H,5-32H2,1-4H3,(H2,43,47)(H2,44,48). The van der Waals surface area contributed by atoms with Gasteiger partial charge in [0.1, 0.15) is 0 Å². The lowest BCUT2D eigenvalue weighted by Gasteiger charge is -2.27. The fraction of sp³-hybridized carbons (Fsp3) is 0.762. The van der Waals surface area contributed by atoms with Gasteiger partial charge in [0.15, 0.2) is 0 Å². The average molecular weight is 699 g/mol. The SMILES string of the molecule is CCCCCCCCN(CCCCCCCC)C(=O)c1cc(C(N)=O)c(C(N)=O)cc1C(=O)N(CCCCCCCC)CCCCCCCC. The molecule has 4 amide bonds. The first-order chi connectivity index (χ1) is 24.2. The number of carbonyl (C=O) groups is 4. The number of benzene rings is 1. The molecule has 1 aromatic carbocycles. The smallest absolute Gasteiger partial charge is 0.254 e. The maximum absolute atomic E-state index is 14.5. The summed E-state index contributed by atoms with van der Waals surface area (Å²) in [5.74, 6) is -2.26. The maximum atomic E-state index is 14.5. The Bertz CT molecular complexity index is 988. The molecule has 0 saturated carbocycles. The number of amides is 4. The van der Waals surface area contributed by atoms with Crippen LogP contribution in [0.15, 0.2) is 12.1 Å². The van der Waals surface area contributed by atoms with Crippen molar-refractivity contribution >= 4 is 23.6 Å². The van der Waals surface area contributed by atoms with Gasteiger partial charge in [-0.05, 0) is 37.8 Å². The lowest BCUT2D eigenvalue weighted by atomic mass is 9.95. The van der Waals surface area contributed by atoms with E-state index in [-0.39, 0.29) is 34.1 Å². The summed E-state index contributed by atoms with van der Waals surface area (Å²) < 4.78 is 0. The number of nitrogens with zero attached hydrogens (tertiary/aromatic N) is 2. The van der Waals surface area contributed by atoms with Crippen LogP contribution < -0.4 is 11.5 Å². The van der Waals surface area contributed by atoms with E-state index < -0.39 is 11.8 Å². The Hall–Kier alpha value is -2.90. The molecule has 8 heteroatoms. The molecule has 8 nitrogen and oxygen atoms in total. The van der Waals surface area contributed by atoms with Gasteiger partial charge in [-0.1, -0.05) is 156 Å². The third-order valence-corrected chi connectivity index (χ3v) is 9.85. The Morgan fingerprint density at radius 1 is 0.380 bits per heavy atom. The van der Waals surface area contributed by atoms with Crippen LogP contribution in [0, 0.1) is 0 Å². The first-order valence-corrected chi connectivity index (χ1v) is 20.6. The summed E-state index contributed by atoms with van der Waals surface area (Å²) in [5, 5.41) is 0. The molecule has 50 heavy (non-hydrogen) atoms. The number of rotatable bonds is 32. The zero-order chi connectivity index (χ0) is 37.0. The molecule has 0 heterocycles. The molecule has 4 N–H and O–H groups in total. The van der Waals surface area contributed by atoms with Gasteiger partial charge in [0.2, 0.25) is 11.8 Å². The highest BCUT2D eigenvalue weighted by molar-refractivity contribution is 6.13. The number of primary amides is 2. The second kappa shape index (κ2) is 28.8. The monoisotopic (exact) mass is 699 g/mol. The van der Waals surface area contributed by atoms with Crippen molar-refractivity contribution in [2.75, 3.05) is 26.2 Å². The van der Waals surface area contributed by atoms with Crippen LogP contribution in [0.5, 0.6) is 0 Å².